The molecular weight excluding hydrogens is 521 g/mol. The Bertz CT molecular complexity index is 1690. The number of hydrogen-bond donors (Lipinski definition) is 0. The van der Waals surface area contributed by atoms with Crippen molar-refractivity contribution in [3.05, 3.63) is 93.1 Å². The van der Waals surface area contributed by atoms with Crippen LogP contribution in [0.15, 0.2) is 74.8 Å². The van der Waals surface area contributed by atoms with Gasteiger partial charge in [0.15, 0.2) is 0 Å². The van der Waals surface area contributed by atoms with Gasteiger partial charge in [-0.1, -0.05) is 23.7 Å². The number of esters is 1. The van der Waals surface area contributed by atoms with E-state index in [9.17, 15) is 22.4 Å². The van der Waals surface area contributed by atoms with E-state index in [1.165, 1.54) is 71.9 Å². The predicted molar refractivity (Wildman–Crippen MR) is 137 cm³/mol. The Morgan fingerprint density at radius 1 is 1.03 bits per heavy atom. The summed E-state index contributed by atoms with van der Waals surface area (Å²) in [6.45, 7) is 2.41. The Kier molecular flexibility index (Phi) is 6.61. The van der Waals surface area contributed by atoms with Gasteiger partial charge in [0.05, 0.1) is 26.4 Å². The summed E-state index contributed by atoms with van der Waals surface area (Å²) < 4.78 is 52.8. The maximum atomic E-state index is 14.5. The van der Waals surface area contributed by atoms with Crippen molar-refractivity contribution in [2.75, 3.05) is 13.1 Å². The van der Waals surface area contributed by atoms with Gasteiger partial charge in [0, 0.05) is 24.7 Å². The molecule has 7 nitrogen and oxygen atoms in total. The summed E-state index contributed by atoms with van der Waals surface area (Å²) in [4.78, 5) is 26.0. The molecule has 0 amide bonds. The first kappa shape index (κ1) is 25.1. The Morgan fingerprint density at radius 2 is 1.76 bits per heavy atom. The van der Waals surface area contributed by atoms with Crippen molar-refractivity contribution < 1.29 is 26.8 Å². The molecule has 190 valence electrons. The highest BCUT2D eigenvalue weighted by Gasteiger charge is 2.28. The van der Waals surface area contributed by atoms with Gasteiger partial charge in [0.1, 0.15) is 22.9 Å². The fourth-order valence-electron chi connectivity index (χ4n) is 4.40. The molecule has 0 saturated carbocycles. The van der Waals surface area contributed by atoms with Crippen molar-refractivity contribution in [1.29, 1.82) is 0 Å². The summed E-state index contributed by atoms with van der Waals surface area (Å²) >= 11 is 6.16. The second kappa shape index (κ2) is 9.74. The lowest BCUT2D eigenvalue weighted by atomic mass is 10.0. The van der Waals surface area contributed by atoms with Crippen molar-refractivity contribution in [3.63, 3.8) is 0 Å². The lowest BCUT2D eigenvalue weighted by Crippen LogP contribution is -2.28. The van der Waals surface area contributed by atoms with Gasteiger partial charge in [-0.05, 0) is 62.2 Å². The first-order valence-electron chi connectivity index (χ1n) is 11.5. The third-order valence-electron chi connectivity index (χ3n) is 6.24. The van der Waals surface area contributed by atoms with Gasteiger partial charge in [0.25, 0.3) is 0 Å². The van der Waals surface area contributed by atoms with Crippen LogP contribution >= 0.6 is 11.6 Å². The van der Waals surface area contributed by atoms with Gasteiger partial charge < -0.3 is 9.15 Å². The number of carbonyl (C=O) groups is 1. The second-order valence-corrected chi connectivity index (χ2v) is 11.0. The maximum Gasteiger partial charge on any atom is 0.343 e. The van der Waals surface area contributed by atoms with Gasteiger partial charge in [0.2, 0.25) is 15.5 Å². The van der Waals surface area contributed by atoms with Crippen LogP contribution in [-0.2, 0) is 10.0 Å². The molecule has 0 atom stereocenters. The molecular formula is C27H21ClFNO6S. The maximum absolute atomic E-state index is 14.5. The van der Waals surface area contributed by atoms with Gasteiger partial charge in [-0.15, -0.1) is 0 Å². The van der Waals surface area contributed by atoms with Crippen LogP contribution in [0.5, 0.6) is 5.75 Å². The first-order chi connectivity index (χ1) is 17.7. The highest BCUT2D eigenvalue weighted by molar-refractivity contribution is 7.89. The minimum absolute atomic E-state index is 0.0105. The molecule has 0 spiro atoms. The molecule has 3 aromatic carbocycles. The van der Waals surface area contributed by atoms with E-state index in [-0.39, 0.29) is 49.1 Å². The number of fused-ring (bicyclic) bond motifs is 1. The van der Waals surface area contributed by atoms with Crippen molar-refractivity contribution in [1.82, 2.24) is 4.31 Å². The molecule has 4 aromatic rings. The molecule has 2 heterocycles. The van der Waals surface area contributed by atoms with Crippen molar-refractivity contribution >= 4 is 38.6 Å². The average Bonchev–Trinajstić information content (AvgIpc) is 3.42. The first-order valence-corrected chi connectivity index (χ1v) is 13.3. The van der Waals surface area contributed by atoms with Crippen LogP contribution in [0.1, 0.15) is 29.0 Å². The molecule has 0 bridgehead atoms. The number of hydrogen-bond acceptors (Lipinski definition) is 6. The Balaban J connectivity index is 1.46. The van der Waals surface area contributed by atoms with Gasteiger partial charge in [-0.3, -0.25) is 4.79 Å². The number of nitrogens with zero attached hydrogens (tertiary/aromatic N) is 1. The third-order valence-corrected chi connectivity index (χ3v) is 8.45. The molecule has 0 radical (unpaired) electrons. The zero-order valence-corrected chi connectivity index (χ0v) is 21.2. The SMILES string of the molecule is Cc1oc2cc(OC(=O)c3cccc(S(=O)(=O)N4CCCC4)c3)ccc2c(=O)c1-c1c(F)cccc1Cl. The van der Waals surface area contributed by atoms with E-state index < -0.39 is 27.2 Å². The summed E-state index contributed by atoms with van der Waals surface area (Å²) in [6, 6.07) is 14.0. The minimum Gasteiger partial charge on any atom is -0.460 e. The molecule has 5 rings (SSSR count). The molecule has 1 aliphatic rings. The quantitative estimate of drug-likeness (QED) is 0.242. The van der Waals surface area contributed by atoms with Crippen LogP contribution in [0, 0.1) is 12.7 Å². The minimum atomic E-state index is -3.70. The van der Waals surface area contributed by atoms with Crippen LogP contribution < -0.4 is 10.2 Å². The van der Waals surface area contributed by atoms with E-state index in [0.29, 0.717) is 13.1 Å². The number of benzene rings is 3. The molecule has 0 aliphatic carbocycles. The molecule has 1 fully saturated rings. The fraction of sp³-hybridized carbons (Fsp3) is 0.185. The largest absolute Gasteiger partial charge is 0.460 e. The molecule has 1 aromatic heterocycles. The Hall–Kier alpha value is -3.53. The number of ether oxygens (including phenoxy) is 1. The van der Waals surface area contributed by atoms with Crippen LogP contribution in [0.2, 0.25) is 5.02 Å². The highest BCUT2D eigenvalue weighted by Crippen LogP contribution is 2.33. The van der Waals surface area contributed by atoms with Gasteiger partial charge >= 0.3 is 5.97 Å². The van der Waals surface area contributed by atoms with Crippen molar-refractivity contribution in [2.45, 2.75) is 24.7 Å². The lowest BCUT2D eigenvalue weighted by Gasteiger charge is -2.15. The van der Waals surface area contributed by atoms with E-state index in [1.54, 1.807) is 0 Å². The highest BCUT2D eigenvalue weighted by atomic mass is 35.5. The number of carbonyl (C=O) groups excluding carboxylic acids is 1. The number of rotatable bonds is 5. The summed E-state index contributed by atoms with van der Waals surface area (Å²) in [7, 11) is -3.70. The van der Waals surface area contributed by atoms with E-state index in [2.05, 4.69) is 0 Å². The molecule has 37 heavy (non-hydrogen) atoms. The number of sulfonamides is 1. The topological polar surface area (TPSA) is 93.9 Å². The lowest BCUT2D eigenvalue weighted by molar-refractivity contribution is 0.0734. The van der Waals surface area contributed by atoms with Crippen LogP contribution in [-0.4, -0.2) is 31.8 Å². The standard InChI is InChI=1S/C27H21ClFNO6S/c1-16-24(25-21(28)8-5-9-22(25)29)26(31)20-11-10-18(15-23(20)35-16)36-27(32)17-6-4-7-19(14-17)37(33,34)30-12-2-3-13-30/h4-11,14-15H,2-3,12-13H2,1H3. The summed E-state index contributed by atoms with van der Waals surface area (Å²) in [5.74, 6) is -1.19. The van der Waals surface area contributed by atoms with Crippen molar-refractivity contribution in [2.24, 2.45) is 0 Å². The zero-order chi connectivity index (χ0) is 26.3. The summed E-state index contributed by atoms with van der Waals surface area (Å²) in [6.07, 6.45) is 1.60. The van der Waals surface area contributed by atoms with E-state index in [4.69, 9.17) is 20.8 Å². The second-order valence-electron chi connectivity index (χ2n) is 8.65. The van der Waals surface area contributed by atoms with Gasteiger partial charge in [-0.25, -0.2) is 17.6 Å². The molecule has 1 aliphatic heterocycles. The fourth-order valence-corrected chi connectivity index (χ4v) is 6.22. The monoisotopic (exact) mass is 541 g/mol. The molecule has 1 saturated heterocycles. The van der Waals surface area contributed by atoms with E-state index in [0.717, 1.165) is 12.8 Å². The van der Waals surface area contributed by atoms with Crippen LogP contribution in [0.4, 0.5) is 4.39 Å². The Morgan fingerprint density at radius 3 is 2.49 bits per heavy atom. The predicted octanol–water partition coefficient (Wildman–Crippen LogP) is 5.56. The van der Waals surface area contributed by atoms with E-state index >= 15 is 0 Å². The van der Waals surface area contributed by atoms with Gasteiger partial charge in [-0.2, -0.15) is 4.31 Å². The average molecular weight is 542 g/mol. The normalized spacial score (nSPS) is 14.2. The molecule has 0 unspecified atom stereocenters. The Labute approximate surface area is 217 Å². The summed E-state index contributed by atoms with van der Waals surface area (Å²) in [5.41, 5.74) is -0.326. The molecule has 0 N–H and O–H groups in total. The van der Waals surface area contributed by atoms with Crippen molar-refractivity contribution in [3.8, 4) is 16.9 Å². The number of aryl methyl sites for hydroxylation is 1. The van der Waals surface area contributed by atoms with Crippen LogP contribution in [0.25, 0.3) is 22.1 Å². The molecule has 10 heteroatoms. The van der Waals surface area contributed by atoms with Crippen LogP contribution in [0.3, 0.4) is 0 Å². The zero-order valence-electron chi connectivity index (χ0n) is 19.7. The smallest absolute Gasteiger partial charge is 0.343 e. The van der Waals surface area contributed by atoms with E-state index in [1.807, 2.05) is 0 Å². The number of halogens is 2. The summed E-state index contributed by atoms with van der Waals surface area (Å²) in [5, 5.41) is 0.229. The third kappa shape index (κ3) is 4.66.